The van der Waals surface area contributed by atoms with E-state index in [2.05, 4.69) is 10.2 Å². The highest BCUT2D eigenvalue weighted by molar-refractivity contribution is 5.64. The minimum atomic E-state index is -0.218. The quantitative estimate of drug-likeness (QED) is 0.710. The first kappa shape index (κ1) is 7.98. The van der Waals surface area contributed by atoms with Crippen molar-refractivity contribution in [2.45, 2.75) is 6.92 Å². The zero-order chi connectivity index (χ0) is 9.26. The summed E-state index contributed by atoms with van der Waals surface area (Å²) in [4.78, 5) is 0. The van der Waals surface area contributed by atoms with E-state index in [9.17, 15) is 4.39 Å². The predicted molar refractivity (Wildman–Crippen MR) is 48.7 cm³/mol. The van der Waals surface area contributed by atoms with Gasteiger partial charge in [0.2, 0.25) is 0 Å². The minimum absolute atomic E-state index is 0.218. The molecule has 0 unspecified atom stereocenters. The lowest BCUT2D eigenvalue weighted by Crippen LogP contribution is -1.79. The Hall–Kier alpha value is -1.64. The van der Waals surface area contributed by atoms with Crippen LogP contribution in [0.25, 0.3) is 11.1 Å². The van der Waals surface area contributed by atoms with E-state index in [1.165, 1.54) is 12.1 Å². The molecule has 1 heterocycles. The van der Waals surface area contributed by atoms with Crippen molar-refractivity contribution < 1.29 is 4.39 Å². The molecule has 0 aliphatic carbocycles. The molecule has 0 aliphatic heterocycles. The summed E-state index contributed by atoms with van der Waals surface area (Å²) in [6, 6.07) is 6.38. The largest absolute Gasteiger partial charge is 0.285 e. The number of hydrogen-bond donors (Lipinski definition) is 1. The van der Waals surface area contributed by atoms with Crippen LogP contribution in [-0.2, 0) is 0 Å². The fourth-order valence-electron chi connectivity index (χ4n) is 1.28. The van der Waals surface area contributed by atoms with E-state index < -0.39 is 0 Å². The highest BCUT2D eigenvalue weighted by atomic mass is 19.1. The van der Waals surface area contributed by atoms with Crippen LogP contribution in [0, 0.1) is 12.7 Å². The van der Waals surface area contributed by atoms with Crippen molar-refractivity contribution in [3.8, 4) is 11.1 Å². The molecular weight excluding hydrogens is 167 g/mol. The Morgan fingerprint density at radius 2 is 1.92 bits per heavy atom. The average molecular weight is 176 g/mol. The van der Waals surface area contributed by atoms with E-state index in [1.807, 2.05) is 13.1 Å². The molecule has 1 N–H and O–H groups in total. The summed E-state index contributed by atoms with van der Waals surface area (Å²) in [7, 11) is 0. The van der Waals surface area contributed by atoms with Crippen LogP contribution in [0.1, 0.15) is 5.69 Å². The topological polar surface area (TPSA) is 28.7 Å². The van der Waals surface area contributed by atoms with Crippen molar-refractivity contribution in [2.75, 3.05) is 0 Å². The first-order chi connectivity index (χ1) is 6.27. The number of benzene rings is 1. The van der Waals surface area contributed by atoms with Crippen LogP contribution in [0.5, 0.6) is 0 Å². The Morgan fingerprint density at radius 1 is 1.23 bits per heavy atom. The maximum Gasteiger partial charge on any atom is 0.123 e. The summed E-state index contributed by atoms with van der Waals surface area (Å²) in [5.74, 6) is -0.218. The highest BCUT2D eigenvalue weighted by Gasteiger charge is 2.02. The fraction of sp³-hybridized carbons (Fsp3) is 0.100. The van der Waals surface area contributed by atoms with E-state index in [0.717, 1.165) is 16.8 Å². The summed E-state index contributed by atoms with van der Waals surface area (Å²) >= 11 is 0. The maximum absolute atomic E-state index is 12.6. The molecule has 0 spiro atoms. The lowest BCUT2D eigenvalue weighted by molar-refractivity contribution is 0.628. The lowest BCUT2D eigenvalue weighted by Gasteiger charge is -1.97. The molecule has 0 saturated carbocycles. The van der Waals surface area contributed by atoms with E-state index in [1.54, 1.807) is 12.1 Å². The predicted octanol–water partition coefficient (Wildman–Crippen LogP) is 2.52. The van der Waals surface area contributed by atoms with Crippen LogP contribution in [0.2, 0.25) is 0 Å². The van der Waals surface area contributed by atoms with Gasteiger partial charge in [0.05, 0.1) is 5.69 Å². The van der Waals surface area contributed by atoms with Gasteiger partial charge in [0.1, 0.15) is 5.82 Å². The molecular formula is C10H9FN2. The Morgan fingerprint density at radius 3 is 2.46 bits per heavy atom. The summed E-state index contributed by atoms with van der Waals surface area (Å²) in [6.07, 6.45) is 1.81. The van der Waals surface area contributed by atoms with Crippen molar-refractivity contribution in [3.63, 3.8) is 0 Å². The van der Waals surface area contributed by atoms with E-state index in [4.69, 9.17) is 0 Å². The van der Waals surface area contributed by atoms with Gasteiger partial charge in [-0.1, -0.05) is 12.1 Å². The monoisotopic (exact) mass is 176 g/mol. The molecule has 2 rings (SSSR count). The molecule has 2 nitrogen and oxygen atoms in total. The van der Waals surface area contributed by atoms with Crippen molar-refractivity contribution in [1.29, 1.82) is 0 Å². The SMILES string of the molecule is Cc1n[nH]cc1-c1ccc(F)cc1. The number of aryl methyl sites for hydroxylation is 1. The van der Waals surface area contributed by atoms with E-state index in [0.29, 0.717) is 0 Å². The summed E-state index contributed by atoms with van der Waals surface area (Å²) < 4.78 is 12.6. The van der Waals surface area contributed by atoms with Gasteiger partial charge in [0.15, 0.2) is 0 Å². The van der Waals surface area contributed by atoms with Gasteiger partial charge in [0.25, 0.3) is 0 Å². The van der Waals surface area contributed by atoms with Gasteiger partial charge in [-0.2, -0.15) is 5.10 Å². The zero-order valence-electron chi connectivity index (χ0n) is 7.21. The van der Waals surface area contributed by atoms with E-state index >= 15 is 0 Å². The smallest absolute Gasteiger partial charge is 0.123 e. The van der Waals surface area contributed by atoms with Gasteiger partial charge in [-0.25, -0.2) is 4.39 Å². The third-order valence-electron chi connectivity index (χ3n) is 1.99. The van der Waals surface area contributed by atoms with Crippen molar-refractivity contribution in [2.24, 2.45) is 0 Å². The maximum atomic E-state index is 12.6. The number of nitrogens with zero attached hydrogens (tertiary/aromatic N) is 1. The molecule has 0 amide bonds. The summed E-state index contributed by atoms with van der Waals surface area (Å²) in [5, 5.41) is 6.76. The molecule has 1 aromatic heterocycles. The normalized spacial score (nSPS) is 10.3. The zero-order valence-corrected chi connectivity index (χ0v) is 7.21. The van der Waals surface area contributed by atoms with Gasteiger partial charge in [0, 0.05) is 11.8 Å². The Kier molecular flexibility index (Phi) is 1.85. The molecule has 2 aromatic rings. The van der Waals surface area contributed by atoms with Crippen LogP contribution in [0.15, 0.2) is 30.5 Å². The van der Waals surface area contributed by atoms with Gasteiger partial charge < -0.3 is 0 Å². The number of aromatic amines is 1. The molecule has 0 radical (unpaired) electrons. The molecule has 13 heavy (non-hydrogen) atoms. The van der Waals surface area contributed by atoms with Crippen LogP contribution in [0.3, 0.4) is 0 Å². The Bertz CT molecular complexity index is 403. The molecule has 0 saturated heterocycles. The first-order valence-corrected chi connectivity index (χ1v) is 4.03. The number of halogens is 1. The third kappa shape index (κ3) is 1.45. The molecule has 0 bridgehead atoms. The van der Waals surface area contributed by atoms with Crippen LogP contribution in [0.4, 0.5) is 4.39 Å². The molecule has 66 valence electrons. The van der Waals surface area contributed by atoms with Crippen LogP contribution in [-0.4, -0.2) is 10.2 Å². The fourth-order valence-corrected chi connectivity index (χ4v) is 1.28. The Labute approximate surface area is 75.4 Å². The number of rotatable bonds is 1. The second kappa shape index (κ2) is 3.01. The van der Waals surface area contributed by atoms with Crippen LogP contribution < -0.4 is 0 Å². The number of H-pyrrole nitrogens is 1. The van der Waals surface area contributed by atoms with Crippen LogP contribution >= 0.6 is 0 Å². The second-order valence-electron chi connectivity index (χ2n) is 2.89. The minimum Gasteiger partial charge on any atom is -0.285 e. The molecule has 0 aliphatic rings. The number of hydrogen-bond acceptors (Lipinski definition) is 1. The van der Waals surface area contributed by atoms with Gasteiger partial charge >= 0.3 is 0 Å². The number of nitrogens with one attached hydrogen (secondary N) is 1. The standard InChI is InChI=1S/C10H9FN2/c1-7-10(6-12-13-7)8-2-4-9(11)5-3-8/h2-6H,1H3,(H,12,13). The van der Waals surface area contributed by atoms with Crippen molar-refractivity contribution >= 4 is 0 Å². The summed E-state index contributed by atoms with van der Waals surface area (Å²) in [5.41, 5.74) is 2.92. The average Bonchev–Trinajstić information content (AvgIpc) is 2.53. The van der Waals surface area contributed by atoms with Gasteiger partial charge in [-0.15, -0.1) is 0 Å². The molecule has 0 atom stereocenters. The molecule has 3 heteroatoms. The van der Waals surface area contributed by atoms with Crippen molar-refractivity contribution in [3.05, 3.63) is 42.0 Å². The second-order valence-corrected chi connectivity index (χ2v) is 2.89. The highest BCUT2D eigenvalue weighted by Crippen LogP contribution is 2.20. The van der Waals surface area contributed by atoms with E-state index in [-0.39, 0.29) is 5.82 Å². The summed E-state index contributed by atoms with van der Waals surface area (Å²) in [6.45, 7) is 1.91. The first-order valence-electron chi connectivity index (χ1n) is 4.03. The van der Waals surface area contributed by atoms with Crippen molar-refractivity contribution in [1.82, 2.24) is 10.2 Å². The third-order valence-corrected chi connectivity index (χ3v) is 1.99. The van der Waals surface area contributed by atoms with Gasteiger partial charge in [-0.05, 0) is 24.6 Å². The lowest BCUT2D eigenvalue weighted by atomic mass is 10.1. The Balaban J connectivity index is 2.47. The molecule has 0 fully saturated rings. The number of aromatic nitrogens is 2. The van der Waals surface area contributed by atoms with Gasteiger partial charge in [-0.3, -0.25) is 5.10 Å². The molecule has 1 aromatic carbocycles.